The monoisotopic (exact) mass is 233 g/mol. The lowest BCUT2D eigenvalue weighted by atomic mass is 10.0. The van der Waals surface area contributed by atoms with E-state index in [4.69, 9.17) is 5.11 Å². The molecule has 0 radical (unpaired) electrons. The van der Waals surface area contributed by atoms with Crippen LogP contribution in [0.2, 0.25) is 0 Å². The van der Waals surface area contributed by atoms with Crippen molar-refractivity contribution in [1.82, 2.24) is 4.98 Å². The van der Waals surface area contributed by atoms with Gasteiger partial charge in [-0.1, -0.05) is 6.07 Å². The van der Waals surface area contributed by atoms with Crippen LogP contribution in [-0.2, 0) is 4.79 Å². The van der Waals surface area contributed by atoms with Crippen molar-refractivity contribution in [2.75, 3.05) is 11.6 Å². The number of aliphatic hydroxyl groups excluding tert-OH is 1. The molecular weight excluding hydrogens is 218 g/mol. The largest absolute Gasteiger partial charge is 0.396 e. The summed E-state index contributed by atoms with van der Waals surface area (Å²) in [4.78, 5) is 16.3. The van der Waals surface area contributed by atoms with Gasteiger partial charge in [0, 0.05) is 18.5 Å². The topological polar surface area (TPSA) is 65.8 Å². The summed E-state index contributed by atoms with van der Waals surface area (Å²) in [7, 11) is 0. The number of hydrogen-bond acceptors (Lipinski definition) is 4. The maximum Gasteiger partial charge on any atom is 0.257 e. The van der Waals surface area contributed by atoms with Gasteiger partial charge in [0.25, 0.3) is 5.91 Å². The van der Waals surface area contributed by atoms with E-state index in [1.54, 1.807) is 13.1 Å². The molecule has 1 unspecified atom stereocenters. The molecule has 2 rings (SSSR count). The molecule has 1 aromatic rings. The van der Waals surface area contributed by atoms with Crippen molar-refractivity contribution in [1.29, 1.82) is 0 Å². The minimum atomic E-state index is -0.318. The van der Waals surface area contributed by atoms with Gasteiger partial charge in [-0.3, -0.25) is 4.79 Å². The van der Waals surface area contributed by atoms with E-state index in [0.717, 1.165) is 11.3 Å². The minimum Gasteiger partial charge on any atom is -0.396 e. The summed E-state index contributed by atoms with van der Waals surface area (Å²) in [6, 6.07) is 3.71. The van der Waals surface area contributed by atoms with Crippen LogP contribution in [0, 0.1) is 12.8 Å². The Hall–Kier alpha value is -1.75. The molecule has 17 heavy (non-hydrogen) atoms. The molecular formula is C12H15N3O2. The first kappa shape index (κ1) is 11.7. The average Bonchev–Trinajstić information content (AvgIpc) is 2.58. The second kappa shape index (κ2) is 4.63. The van der Waals surface area contributed by atoms with Gasteiger partial charge >= 0.3 is 0 Å². The number of pyridine rings is 1. The first-order valence-corrected chi connectivity index (χ1v) is 5.56. The molecule has 1 amide bonds. The first-order chi connectivity index (χ1) is 8.15. The second-order valence-corrected chi connectivity index (χ2v) is 4.10. The van der Waals surface area contributed by atoms with Gasteiger partial charge < -0.3 is 5.11 Å². The smallest absolute Gasteiger partial charge is 0.257 e. The van der Waals surface area contributed by atoms with Gasteiger partial charge in [0.05, 0.1) is 5.92 Å². The van der Waals surface area contributed by atoms with Crippen molar-refractivity contribution in [2.45, 2.75) is 20.3 Å². The van der Waals surface area contributed by atoms with Crippen LogP contribution in [0.5, 0.6) is 0 Å². The highest BCUT2D eigenvalue weighted by molar-refractivity contribution is 6.14. The number of carbonyl (C=O) groups is 1. The molecule has 1 N–H and O–H groups in total. The van der Waals surface area contributed by atoms with Crippen molar-refractivity contribution in [3.63, 3.8) is 0 Å². The molecule has 0 fully saturated rings. The second-order valence-electron chi connectivity index (χ2n) is 4.10. The third-order valence-corrected chi connectivity index (χ3v) is 2.87. The fourth-order valence-electron chi connectivity index (χ4n) is 1.92. The first-order valence-electron chi connectivity index (χ1n) is 5.56. The number of anilines is 1. The maximum atomic E-state index is 12.1. The predicted octanol–water partition coefficient (Wildman–Crippen LogP) is 1.11. The number of nitrogens with zero attached hydrogens (tertiary/aromatic N) is 3. The van der Waals surface area contributed by atoms with Crippen LogP contribution in [-0.4, -0.2) is 28.3 Å². The Morgan fingerprint density at radius 3 is 2.88 bits per heavy atom. The lowest BCUT2D eigenvalue weighted by molar-refractivity contribution is -0.120. The molecule has 1 aliphatic rings. The van der Waals surface area contributed by atoms with Crippen LogP contribution >= 0.6 is 0 Å². The normalized spacial score (nSPS) is 19.7. The summed E-state index contributed by atoms with van der Waals surface area (Å²) in [6.45, 7) is 3.68. The standard InChI is InChI=1S/C12H15N3O2/c1-8-4-3-6-13-11(8)15-12(17)10(5-7-16)9(2)14-15/h3-4,6,10,16H,5,7H2,1-2H3. The van der Waals surface area contributed by atoms with E-state index in [9.17, 15) is 4.79 Å². The van der Waals surface area contributed by atoms with Crippen molar-refractivity contribution < 1.29 is 9.90 Å². The molecule has 0 saturated carbocycles. The molecule has 0 saturated heterocycles. The SMILES string of the molecule is CC1=NN(c2ncccc2C)C(=O)C1CCO. The fraction of sp³-hybridized carbons (Fsp3) is 0.417. The zero-order valence-corrected chi connectivity index (χ0v) is 9.92. The van der Waals surface area contributed by atoms with Crippen LogP contribution in [0.3, 0.4) is 0 Å². The Morgan fingerprint density at radius 2 is 2.24 bits per heavy atom. The Kier molecular flexibility index (Phi) is 3.19. The van der Waals surface area contributed by atoms with Gasteiger partial charge in [0.1, 0.15) is 0 Å². The van der Waals surface area contributed by atoms with Gasteiger partial charge in [-0.2, -0.15) is 10.1 Å². The van der Waals surface area contributed by atoms with E-state index in [0.29, 0.717) is 12.2 Å². The molecule has 0 spiro atoms. The third kappa shape index (κ3) is 2.06. The molecule has 5 nitrogen and oxygen atoms in total. The summed E-state index contributed by atoms with van der Waals surface area (Å²) < 4.78 is 0. The number of rotatable bonds is 3. The molecule has 1 aliphatic heterocycles. The van der Waals surface area contributed by atoms with Crippen molar-refractivity contribution in [2.24, 2.45) is 11.0 Å². The highest BCUT2D eigenvalue weighted by atomic mass is 16.3. The summed E-state index contributed by atoms with van der Waals surface area (Å²) in [6.07, 6.45) is 2.05. The number of aryl methyl sites for hydroxylation is 1. The average molecular weight is 233 g/mol. The summed E-state index contributed by atoms with van der Waals surface area (Å²) >= 11 is 0. The fourth-order valence-corrected chi connectivity index (χ4v) is 1.92. The molecule has 2 heterocycles. The Bertz CT molecular complexity index is 471. The zero-order chi connectivity index (χ0) is 12.4. The quantitative estimate of drug-likeness (QED) is 0.850. The van der Waals surface area contributed by atoms with Crippen LogP contribution in [0.25, 0.3) is 0 Å². The van der Waals surface area contributed by atoms with Gasteiger partial charge in [-0.15, -0.1) is 0 Å². The molecule has 1 atom stereocenters. The summed E-state index contributed by atoms with van der Waals surface area (Å²) in [5, 5.41) is 14.5. The van der Waals surface area contributed by atoms with E-state index < -0.39 is 0 Å². The summed E-state index contributed by atoms with van der Waals surface area (Å²) in [5.41, 5.74) is 1.64. The van der Waals surface area contributed by atoms with E-state index in [1.165, 1.54) is 5.01 Å². The van der Waals surface area contributed by atoms with E-state index in [1.807, 2.05) is 19.1 Å². The Labute approximate surface area is 99.8 Å². The van der Waals surface area contributed by atoms with Gasteiger partial charge in [-0.05, 0) is 31.9 Å². The van der Waals surface area contributed by atoms with E-state index in [-0.39, 0.29) is 18.4 Å². The zero-order valence-electron chi connectivity index (χ0n) is 9.92. The van der Waals surface area contributed by atoms with Crippen LogP contribution in [0.1, 0.15) is 18.9 Å². The number of carbonyl (C=O) groups excluding carboxylic acids is 1. The molecule has 90 valence electrons. The summed E-state index contributed by atoms with van der Waals surface area (Å²) in [5.74, 6) is 0.136. The predicted molar refractivity (Wildman–Crippen MR) is 64.8 cm³/mol. The van der Waals surface area contributed by atoms with E-state index in [2.05, 4.69) is 10.1 Å². The number of hydrogen-bond donors (Lipinski definition) is 1. The molecule has 0 bridgehead atoms. The van der Waals surface area contributed by atoms with Crippen LogP contribution in [0.4, 0.5) is 5.82 Å². The molecule has 1 aromatic heterocycles. The molecule has 0 aliphatic carbocycles. The van der Waals surface area contributed by atoms with Crippen LogP contribution < -0.4 is 5.01 Å². The molecule has 5 heteroatoms. The number of aliphatic hydroxyl groups is 1. The maximum absolute atomic E-state index is 12.1. The van der Waals surface area contributed by atoms with Gasteiger partial charge in [0.2, 0.25) is 0 Å². The highest BCUT2D eigenvalue weighted by Gasteiger charge is 2.34. The number of amides is 1. The van der Waals surface area contributed by atoms with Crippen molar-refractivity contribution >= 4 is 17.4 Å². The van der Waals surface area contributed by atoms with Crippen molar-refractivity contribution in [3.8, 4) is 0 Å². The third-order valence-electron chi connectivity index (χ3n) is 2.87. The molecule has 0 aromatic carbocycles. The van der Waals surface area contributed by atoms with Crippen LogP contribution in [0.15, 0.2) is 23.4 Å². The Balaban J connectivity index is 2.31. The lowest BCUT2D eigenvalue weighted by Crippen LogP contribution is -2.28. The highest BCUT2D eigenvalue weighted by Crippen LogP contribution is 2.25. The Morgan fingerprint density at radius 1 is 1.47 bits per heavy atom. The minimum absolute atomic E-state index is 0.0156. The van der Waals surface area contributed by atoms with E-state index >= 15 is 0 Å². The number of hydrazone groups is 1. The van der Waals surface area contributed by atoms with Crippen molar-refractivity contribution in [3.05, 3.63) is 23.9 Å². The van der Waals surface area contributed by atoms with Gasteiger partial charge in [-0.25, -0.2) is 4.98 Å². The lowest BCUT2D eigenvalue weighted by Gasteiger charge is -2.14. The number of aromatic nitrogens is 1. The van der Waals surface area contributed by atoms with Gasteiger partial charge in [0.15, 0.2) is 5.82 Å².